The molecule has 5 rings (SSSR count). The molecule has 146 valence electrons. The molecule has 3 aromatic heterocycles. The number of non-ortho nitro benzene ring substituents is 1. The zero-order chi connectivity index (χ0) is 21.0. The van der Waals surface area contributed by atoms with Crippen LogP contribution >= 0.6 is 0 Å². The minimum atomic E-state index is -0.547. The van der Waals surface area contributed by atoms with E-state index in [0.29, 0.717) is 22.5 Å². The van der Waals surface area contributed by atoms with Crippen molar-refractivity contribution in [1.82, 2.24) is 19.7 Å². The number of rotatable bonds is 3. The van der Waals surface area contributed by atoms with Crippen molar-refractivity contribution in [3.63, 3.8) is 0 Å². The van der Waals surface area contributed by atoms with Crippen molar-refractivity contribution >= 4 is 34.2 Å². The van der Waals surface area contributed by atoms with E-state index in [4.69, 9.17) is 0 Å². The van der Waals surface area contributed by atoms with Gasteiger partial charge in [-0.1, -0.05) is 6.07 Å². The van der Waals surface area contributed by atoms with Gasteiger partial charge in [0, 0.05) is 24.5 Å². The maximum atomic E-state index is 13.2. The van der Waals surface area contributed by atoms with Crippen LogP contribution < -0.4 is 4.90 Å². The Hall–Kier alpha value is -4.47. The SMILES string of the molecule is Cc1nn(-c2ccccn2)c2ncc3c(c12)C(=O)N(c1ccc([N+](=O)[O-])cc1)C3=O. The molecular formula is C20H12N6O4. The minimum absolute atomic E-state index is 0.133. The summed E-state index contributed by atoms with van der Waals surface area (Å²) in [5, 5.41) is 15.8. The summed E-state index contributed by atoms with van der Waals surface area (Å²) in [5.74, 6) is -0.532. The van der Waals surface area contributed by atoms with Gasteiger partial charge >= 0.3 is 0 Å². The second-order valence-electron chi connectivity index (χ2n) is 6.65. The number of carbonyl (C=O) groups is 2. The number of amides is 2. The van der Waals surface area contributed by atoms with E-state index in [2.05, 4.69) is 15.1 Å². The quantitative estimate of drug-likeness (QED) is 0.294. The zero-order valence-electron chi connectivity index (χ0n) is 15.5. The third kappa shape index (κ3) is 2.40. The van der Waals surface area contributed by atoms with Gasteiger partial charge in [-0.3, -0.25) is 19.7 Å². The fraction of sp³-hybridized carbons (Fsp3) is 0.0500. The Morgan fingerprint density at radius 3 is 2.43 bits per heavy atom. The second kappa shape index (κ2) is 6.27. The zero-order valence-corrected chi connectivity index (χ0v) is 15.5. The summed E-state index contributed by atoms with van der Waals surface area (Å²) in [6, 6.07) is 10.6. The van der Waals surface area contributed by atoms with Crippen LogP contribution in [0.5, 0.6) is 0 Å². The van der Waals surface area contributed by atoms with Gasteiger partial charge in [0.2, 0.25) is 0 Å². The number of fused-ring (bicyclic) bond motifs is 3. The number of nitrogens with zero attached hydrogens (tertiary/aromatic N) is 6. The second-order valence-corrected chi connectivity index (χ2v) is 6.65. The molecule has 0 bridgehead atoms. The number of benzene rings is 1. The molecule has 0 N–H and O–H groups in total. The van der Waals surface area contributed by atoms with E-state index in [1.54, 1.807) is 25.3 Å². The van der Waals surface area contributed by atoms with E-state index in [0.717, 1.165) is 4.90 Å². The summed E-state index contributed by atoms with van der Waals surface area (Å²) in [5.41, 5.74) is 1.43. The first-order valence-corrected chi connectivity index (χ1v) is 8.90. The molecule has 30 heavy (non-hydrogen) atoms. The van der Waals surface area contributed by atoms with Gasteiger partial charge < -0.3 is 0 Å². The Labute approximate surface area is 168 Å². The van der Waals surface area contributed by atoms with Crippen LogP contribution in [-0.2, 0) is 0 Å². The molecule has 2 amide bonds. The lowest BCUT2D eigenvalue weighted by Crippen LogP contribution is -2.29. The van der Waals surface area contributed by atoms with Crippen LogP contribution in [0.1, 0.15) is 26.4 Å². The Morgan fingerprint density at radius 2 is 1.77 bits per heavy atom. The van der Waals surface area contributed by atoms with Gasteiger partial charge in [0.1, 0.15) is 0 Å². The van der Waals surface area contributed by atoms with Crippen LogP contribution in [0, 0.1) is 17.0 Å². The number of pyridine rings is 2. The van der Waals surface area contributed by atoms with E-state index in [9.17, 15) is 19.7 Å². The fourth-order valence-corrected chi connectivity index (χ4v) is 3.56. The first-order chi connectivity index (χ1) is 14.5. The van der Waals surface area contributed by atoms with Crippen LogP contribution in [0.25, 0.3) is 16.9 Å². The van der Waals surface area contributed by atoms with Crippen molar-refractivity contribution in [2.75, 3.05) is 4.90 Å². The first-order valence-electron chi connectivity index (χ1n) is 8.90. The largest absolute Gasteiger partial charge is 0.269 e. The third-order valence-corrected chi connectivity index (χ3v) is 4.91. The van der Waals surface area contributed by atoms with E-state index in [1.807, 2.05) is 6.07 Å². The number of aryl methyl sites for hydroxylation is 1. The molecule has 0 unspecified atom stereocenters. The molecule has 1 aliphatic rings. The maximum Gasteiger partial charge on any atom is 0.269 e. The van der Waals surface area contributed by atoms with Crippen molar-refractivity contribution in [3.8, 4) is 5.82 Å². The molecule has 1 aliphatic heterocycles. The summed E-state index contributed by atoms with van der Waals surface area (Å²) in [6.07, 6.45) is 2.97. The first kappa shape index (κ1) is 17.6. The van der Waals surface area contributed by atoms with Crippen molar-refractivity contribution in [2.24, 2.45) is 0 Å². The van der Waals surface area contributed by atoms with Crippen molar-refractivity contribution in [1.29, 1.82) is 0 Å². The monoisotopic (exact) mass is 400 g/mol. The van der Waals surface area contributed by atoms with Gasteiger partial charge in [-0.25, -0.2) is 14.9 Å². The number of carbonyl (C=O) groups excluding carboxylic acids is 2. The lowest BCUT2D eigenvalue weighted by Gasteiger charge is -2.13. The molecule has 10 heteroatoms. The molecule has 0 aliphatic carbocycles. The predicted octanol–water partition coefficient (Wildman–Crippen LogP) is 2.83. The van der Waals surface area contributed by atoms with Crippen LogP contribution in [0.3, 0.4) is 0 Å². The van der Waals surface area contributed by atoms with E-state index < -0.39 is 16.7 Å². The minimum Gasteiger partial charge on any atom is -0.268 e. The average molecular weight is 400 g/mol. The average Bonchev–Trinajstić information content (AvgIpc) is 3.23. The Morgan fingerprint density at radius 1 is 1.00 bits per heavy atom. The van der Waals surface area contributed by atoms with Gasteiger partial charge in [-0.15, -0.1) is 0 Å². The predicted molar refractivity (Wildman–Crippen MR) is 106 cm³/mol. The molecule has 0 radical (unpaired) electrons. The van der Waals surface area contributed by atoms with Crippen LogP contribution in [0.4, 0.5) is 11.4 Å². The third-order valence-electron chi connectivity index (χ3n) is 4.91. The molecular weight excluding hydrogens is 388 g/mol. The molecule has 0 saturated heterocycles. The summed E-state index contributed by atoms with van der Waals surface area (Å²) in [6.45, 7) is 1.73. The Balaban J connectivity index is 1.66. The van der Waals surface area contributed by atoms with E-state index in [-0.39, 0.29) is 22.5 Å². The normalized spacial score (nSPS) is 13.2. The highest BCUT2D eigenvalue weighted by molar-refractivity contribution is 6.37. The fourth-order valence-electron chi connectivity index (χ4n) is 3.56. The van der Waals surface area contributed by atoms with Gasteiger partial charge in [0.25, 0.3) is 17.5 Å². The van der Waals surface area contributed by atoms with Gasteiger partial charge in [-0.2, -0.15) is 9.78 Å². The topological polar surface area (TPSA) is 124 Å². The van der Waals surface area contributed by atoms with Gasteiger partial charge in [-0.05, 0) is 31.2 Å². The van der Waals surface area contributed by atoms with E-state index >= 15 is 0 Å². The molecule has 0 atom stereocenters. The molecule has 4 aromatic rings. The van der Waals surface area contributed by atoms with Crippen molar-refractivity contribution in [2.45, 2.75) is 6.92 Å². The highest BCUT2D eigenvalue weighted by Crippen LogP contribution is 2.34. The maximum absolute atomic E-state index is 13.2. The summed E-state index contributed by atoms with van der Waals surface area (Å²) in [7, 11) is 0. The van der Waals surface area contributed by atoms with Crippen LogP contribution in [0.15, 0.2) is 54.9 Å². The molecule has 0 fully saturated rings. The highest BCUT2D eigenvalue weighted by Gasteiger charge is 2.40. The molecule has 0 saturated carbocycles. The summed E-state index contributed by atoms with van der Waals surface area (Å²) < 4.78 is 1.53. The number of hydrogen-bond acceptors (Lipinski definition) is 7. The van der Waals surface area contributed by atoms with Crippen molar-refractivity contribution < 1.29 is 14.5 Å². The molecule has 1 aromatic carbocycles. The summed E-state index contributed by atoms with van der Waals surface area (Å²) in [4.78, 5) is 46.1. The highest BCUT2D eigenvalue weighted by atomic mass is 16.6. The van der Waals surface area contributed by atoms with Crippen molar-refractivity contribution in [3.05, 3.63) is 81.8 Å². The standard InChI is InChI=1S/C20H12N6O4/c1-11-16-17-14(10-22-18(16)25(23-11)15-4-2-3-9-21-15)19(27)24(20(17)28)12-5-7-13(8-6-12)26(29)30/h2-10H,1H3. The Bertz CT molecular complexity index is 1360. The van der Waals surface area contributed by atoms with Gasteiger partial charge in [0.15, 0.2) is 11.5 Å². The van der Waals surface area contributed by atoms with Crippen LogP contribution in [-0.4, -0.2) is 36.5 Å². The molecule has 0 spiro atoms. The smallest absolute Gasteiger partial charge is 0.268 e. The van der Waals surface area contributed by atoms with Crippen LogP contribution in [0.2, 0.25) is 0 Å². The lowest BCUT2D eigenvalue weighted by molar-refractivity contribution is -0.384. The van der Waals surface area contributed by atoms with Gasteiger partial charge in [0.05, 0.1) is 32.8 Å². The summed E-state index contributed by atoms with van der Waals surface area (Å²) >= 11 is 0. The Kier molecular flexibility index (Phi) is 3.68. The number of nitro benzene ring substituents is 1. The number of aromatic nitrogens is 4. The molecule has 4 heterocycles. The molecule has 10 nitrogen and oxygen atoms in total. The number of imide groups is 1. The number of anilines is 1. The van der Waals surface area contributed by atoms with E-state index in [1.165, 1.54) is 35.1 Å². The number of nitro groups is 1. The lowest BCUT2D eigenvalue weighted by atomic mass is 10.1. The number of hydrogen-bond donors (Lipinski definition) is 0.